The maximum atomic E-state index is 13.1. The third-order valence-electron chi connectivity index (χ3n) is 3.15. The minimum atomic E-state index is -1.17. The number of amides is 1. The van der Waals surface area contributed by atoms with Gasteiger partial charge in [0, 0.05) is 13.1 Å². The molecule has 0 saturated carbocycles. The van der Waals surface area contributed by atoms with Crippen molar-refractivity contribution in [1.29, 1.82) is 0 Å². The molecule has 1 atom stereocenters. The standard InChI is InChI=1S/C13H16FNO2/c1-9-8-10(4-5-11(9)14)12(16)13(17)15-6-2-3-7-15/h4-5,8,12,16H,2-3,6-7H2,1H3. The van der Waals surface area contributed by atoms with Crippen LogP contribution in [0.3, 0.4) is 0 Å². The Labute approximate surface area is 99.9 Å². The van der Waals surface area contributed by atoms with Crippen LogP contribution >= 0.6 is 0 Å². The van der Waals surface area contributed by atoms with E-state index in [9.17, 15) is 14.3 Å². The van der Waals surface area contributed by atoms with Gasteiger partial charge in [-0.25, -0.2) is 4.39 Å². The molecule has 92 valence electrons. The van der Waals surface area contributed by atoms with Crippen molar-refractivity contribution in [3.05, 3.63) is 35.1 Å². The highest BCUT2D eigenvalue weighted by Crippen LogP contribution is 2.20. The monoisotopic (exact) mass is 237 g/mol. The smallest absolute Gasteiger partial charge is 0.256 e. The second-order valence-corrected chi connectivity index (χ2v) is 4.44. The molecule has 1 aromatic rings. The number of halogens is 1. The highest BCUT2D eigenvalue weighted by molar-refractivity contribution is 5.82. The SMILES string of the molecule is Cc1cc(C(O)C(=O)N2CCCC2)ccc1F. The Morgan fingerprint density at radius 3 is 2.65 bits per heavy atom. The van der Waals surface area contributed by atoms with Crippen molar-refractivity contribution in [2.24, 2.45) is 0 Å². The van der Waals surface area contributed by atoms with E-state index in [4.69, 9.17) is 0 Å². The van der Waals surface area contributed by atoms with Crippen molar-refractivity contribution in [1.82, 2.24) is 4.90 Å². The van der Waals surface area contributed by atoms with Crippen LogP contribution in [-0.4, -0.2) is 29.0 Å². The maximum absolute atomic E-state index is 13.1. The first-order valence-electron chi connectivity index (χ1n) is 5.82. The minimum absolute atomic E-state index is 0.284. The lowest BCUT2D eigenvalue weighted by molar-refractivity contribution is -0.139. The molecule has 17 heavy (non-hydrogen) atoms. The number of hydrogen-bond donors (Lipinski definition) is 1. The number of aliphatic hydroxyl groups is 1. The van der Waals surface area contributed by atoms with Crippen LogP contribution in [0.25, 0.3) is 0 Å². The van der Waals surface area contributed by atoms with E-state index in [1.165, 1.54) is 18.2 Å². The van der Waals surface area contributed by atoms with E-state index in [0.717, 1.165) is 12.8 Å². The van der Waals surface area contributed by atoms with Gasteiger partial charge in [0.1, 0.15) is 5.82 Å². The number of hydrogen-bond acceptors (Lipinski definition) is 2. The zero-order chi connectivity index (χ0) is 12.4. The fourth-order valence-electron chi connectivity index (χ4n) is 2.09. The molecular weight excluding hydrogens is 221 g/mol. The summed E-state index contributed by atoms with van der Waals surface area (Å²) < 4.78 is 13.1. The molecule has 1 heterocycles. The molecule has 3 nitrogen and oxygen atoms in total. The average molecular weight is 237 g/mol. The van der Waals surface area contributed by atoms with Gasteiger partial charge in [-0.15, -0.1) is 0 Å². The first kappa shape index (κ1) is 12.0. The lowest BCUT2D eigenvalue weighted by Gasteiger charge is -2.19. The van der Waals surface area contributed by atoms with Crippen LogP contribution in [0.4, 0.5) is 4.39 Å². The van der Waals surface area contributed by atoms with Crippen molar-refractivity contribution in [3.63, 3.8) is 0 Å². The molecule has 1 aromatic carbocycles. The molecule has 0 aliphatic carbocycles. The minimum Gasteiger partial charge on any atom is -0.378 e. The molecule has 1 N–H and O–H groups in total. The van der Waals surface area contributed by atoms with Crippen LogP contribution in [-0.2, 0) is 4.79 Å². The topological polar surface area (TPSA) is 40.5 Å². The number of carbonyl (C=O) groups is 1. The second kappa shape index (κ2) is 4.84. The summed E-state index contributed by atoms with van der Waals surface area (Å²) in [5.74, 6) is -0.608. The quantitative estimate of drug-likeness (QED) is 0.852. The highest BCUT2D eigenvalue weighted by atomic mass is 19.1. The molecule has 2 rings (SSSR count). The van der Waals surface area contributed by atoms with Gasteiger partial charge in [0.15, 0.2) is 6.10 Å². The van der Waals surface area contributed by atoms with E-state index in [1.54, 1.807) is 11.8 Å². The summed E-state index contributed by atoms with van der Waals surface area (Å²) in [4.78, 5) is 13.6. The van der Waals surface area contributed by atoms with E-state index < -0.39 is 6.10 Å². The van der Waals surface area contributed by atoms with Gasteiger partial charge in [-0.1, -0.05) is 12.1 Å². The Kier molecular flexibility index (Phi) is 3.43. The van der Waals surface area contributed by atoms with Crippen LogP contribution in [0.15, 0.2) is 18.2 Å². The van der Waals surface area contributed by atoms with E-state index >= 15 is 0 Å². The van der Waals surface area contributed by atoms with E-state index in [2.05, 4.69) is 0 Å². The van der Waals surface area contributed by atoms with Crippen LogP contribution < -0.4 is 0 Å². The van der Waals surface area contributed by atoms with E-state index in [-0.39, 0.29) is 11.7 Å². The predicted octanol–water partition coefficient (Wildman–Crippen LogP) is 1.79. The molecule has 1 amide bonds. The number of likely N-dealkylation sites (tertiary alicyclic amines) is 1. The summed E-state index contributed by atoms with van der Waals surface area (Å²) in [5, 5.41) is 9.95. The summed E-state index contributed by atoms with van der Waals surface area (Å²) in [6.45, 7) is 3.03. The van der Waals surface area contributed by atoms with E-state index in [1.807, 2.05) is 0 Å². The number of rotatable bonds is 2. The Balaban J connectivity index is 2.15. The highest BCUT2D eigenvalue weighted by Gasteiger charge is 2.26. The maximum Gasteiger partial charge on any atom is 0.256 e. The van der Waals surface area contributed by atoms with Crippen molar-refractivity contribution >= 4 is 5.91 Å². The summed E-state index contributed by atoms with van der Waals surface area (Å²) in [7, 11) is 0. The van der Waals surface area contributed by atoms with Crippen molar-refractivity contribution in [2.75, 3.05) is 13.1 Å². The molecule has 1 aliphatic heterocycles. The third kappa shape index (κ3) is 2.47. The van der Waals surface area contributed by atoms with Gasteiger partial charge >= 0.3 is 0 Å². The van der Waals surface area contributed by atoms with Gasteiger partial charge in [0.2, 0.25) is 0 Å². The summed E-state index contributed by atoms with van der Waals surface area (Å²) in [6, 6.07) is 4.26. The van der Waals surface area contributed by atoms with Crippen LogP contribution in [0.2, 0.25) is 0 Å². The van der Waals surface area contributed by atoms with Gasteiger partial charge in [0.25, 0.3) is 5.91 Å². The molecular formula is C13H16FNO2. The number of carbonyl (C=O) groups excluding carboxylic acids is 1. The molecule has 4 heteroatoms. The normalized spacial score (nSPS) is 17.2. The second-order valence-electron chi connectivity index (χ2n) is 4.44. The zero-order valence-electron chi connectivity index (χ0n) is 9.82. The molecule has 1 unspecified atom stereocenters. The van der Waals surface area contributed by atoms with Crippen LogP contribution in [0.1, 0.15) is 30.1 Å². The average Bonchev–Trinajstić information content (AvgIpc) is 2.84. The van der Waals surface area contributed by atoms with Gasteiger partial charge in [-0.2, -0.15) is 0 Å². The molecule has 0 spiro atoms. The van der Waals surface area contributed by atoms with Crippen LogP contribution in [0, 0.1) is 12.7 Å². The first-order chi connectivity index (χ1) is 8.09. The largest absolute Gasteiger partial charge is 0.378 e. The zero-order valence-corrected chi connectivity index (χ0v) is 9.82. The van der Waals surface area contributed by atoms with Crippen molar-refractivity contribution in [3.8, 4) is 0 Å². The lowest BCUT2D eigenvalue weighted by Crippen LogP contribution is -2.32. The Morgan fingerprint density at radius 2 is 2.06 bits per heavy atom. The van der Waals surface area contributed by atoms with Gasteiger partial charge in [0.05, 0.1) is 0 Å². The molecule has 0 radical (unpaired) electrons. The lowest BCUT2D eigenvalue weighted by atomic mass is 10.1. The summed E-state index contributed by atoms with van der Waals surface area (Å²) in [5.41, 5.74) is 0.900. The molecule has 1 fully saturated rings. The third-order valence-corrected chi connectivity index (χ3v) is 3.15. The van der Waals surface area contributed by atoms with E-state index in [0.29, 0.717) is 24.2 Å². The fraction of sp³-hybridized carbons (Fsp3) is 0.462. The van der Waals surface area contributed by atoms with Gasteiger partial charge in [-0.3, -0.25) is 4.79 Å². The number of benzene rings is 1. The Bertz CT molecular complexity index is 427. The van der Waals surface area contributed by atoms with Crippen molar-refractivity contribution < 1.29 is 14.3 Å². The van der Waals surface area contributed by atoms with Gasteiger partial charge in [-0.05, 0) is 37.0 Å². The summed E-state index contributed by atoms with van der Waals surface area (Å²) in [6.07, 6.45) is 0.800. The fourth-order valence-corrected chi connectivity index (χ4v) is 2.09. The predicted molar refractivity (Wildman–Crippen MR) is 61.9 cm³/mol. The molecule has 1 aliphatic rings. The molecule has 0 bridgehead atoms. The Morgan fingerprint density at radius 1 is 1.41 bits per heavy atom. The molecule has 0 aromatic heterocycles. The first-order valence-corrected chi connectivity index (χ1v) is 5.82. The number of aliphatic hydroxyl groups excluding tert-OH is 1. The number of aryl methyl sites for hydroxylation is 1. The van der Waals surface area contributed by atoms with Gasteiger partial charge < -0.3 is 10.0 Å². The molecule has 1 saturated heterocycles. The van der Waals surface area contributed by atoms with Crippen LogP contribution in [0.5, 0.6) is 0 Å². The summed E-state index contributed by atoms with van der Waals surface area (Å²) >= 11 is 0. The number of nitrogens with zero attached hydrogens (tertiary/aromatic N) is 1. The van der Waals surface area contributed by atoms with Crippen molar-refractivity contribution in [2.45, 2.75) is 25.9 Å². The Hall–Kier alpha value is -1.42.